The zero-order valence-electron chi connectivity index (χ0n) is 21.3. The van der Waals surface area contributed by atoms with Crippen LogP contribution in [-0.2, 0) is 9.53 Å². The van der Waals surface area contributed by atoms with Gasteiger partial charge in [0.25, 0.3) is 0 Å². The van der Waals surface area contributed by atoms with Gasteiger partial charge in [-0.1, -0.05) is 0 Å². The van der Waals surface area contributed by atoms with Gasteiger partial charge in [-0.05, 0) is 49.6 Å². The van der Waals surface area contributed by atoms with Crippen LogP contribution in [-0.4, -0.2) is 83.4 Å². The number of hydrogen-bond donors (Lipinski definition) is 1. The predicted octanol–water partition coefficient (Wildman–Crippen LogP) is 2.86. The molecule has 2 atom stereocenters. The number of aromatic nitrogens is 3. The third kappa shape index (κ3) is 4.44. The number of pyridine rings is 1. The number of rotatable bonds is 7. The molecule has 3 saturated heterocycles. The number of nitrogens with one attached hydrogen (secondary N) is 1. The maximum Gasteiger partial charge on any atom is 0.220 e. The first-order chi connectivity index (χ1) is 18.1. The number of nitrogens with zero attached hydrogens (tertiary/aromatic N) is 5. The Hall–Kier alpha value is -3.17. The minimum Gasteiger partial charge on any atom is -0.488 e. The van der Waals surface area contributed by atoms with E-state index >= 15 is 0 Å². The number of anilines is 1. The molecule has 3 aromatic rings. The lowest BCUT2D eigenvalue weighted by Crippen LogP contribution is -2.56. The molecule has 1 saturated carbocycles. The molecule has 2 unspecified atom stereocenters. The summed E-state index contributed by atoms with van der Waals surface area (Å²) >= 11 is 0. The molecule has 4 aliphatic rings. The number of piperazine rings is 1. The van der Waals surface area contributed by atoms with E-state index in [1.54, 1.807) is 0 Å². The van der Waals surface area contributed by atoms with Gasteiger partial charge in [0.05, 0.1) is 31.1 Å². The van der Waals surface area contributed by atoms with Gasteiger partial charge in [-0.25, -0.2) is 9.97 Å². The molecule has 1 aliphatic carbocycles. The average molecular weight is 503 g/mol. The van der Waals surface area contributed by atoms with Crippen molar-refractivity contribution in [2.24, 2.45) is 5.92 Å². The van der Waals surface area contributed by atoms with Gasteiger partial charge in [-0.3, -0.25) is 9.69 Å². The molecule has 1 aromatic carbocycles. The lowest BCUT2D eigenvalue weighted by atomic mass is 10.0. The zero-order valence-corrected chi connectivity index (χ0v) is 21.3. The van der Waals surface area contributed by atoms with E-state index in [0.717, 1.165) is 73.1 Å². The Labute approximate surface area is 216 Å². The topological polar surface area (TPSA) is 84.8 Å². The van der Waals surface area contributed by atoms with Crippen molar-refractivity contribution < 1.29 is 14.3 Å². The normalized spacial score (nSPS) is 23.8. The van der Waals surface area contributed by atoms with Crippen molar-refractivity contribution in [1.82, 2.24) is 24.8 Å². The van der Waals surface area contributed by atoms with Gasteiger partial charge >= 0.3 is 0 Å². The van der Waals surface area contributed by atoms with E-state index in [4.69, 9.17) is 19.4 Å². The Kier molecular flexibility index (Phi) is 5.77. The fraction of sp³-hybridized carbons (Fsp3) is 0.536. The van der Waals surface area contributed by atoms with Gasteiger partial charge in [0.15, 0.2) is 0 Å². The van der Waals surface area contributed by atoms with Crippen LogP contribution in [0.25, 0.3) is 22.2 Å². The predicted molar refractivity (Wildman–Crippen MR) is 141 cm³/mol. The third-order valence-electron chi connectivity index (χ3n) is 8.42. The van der Waals surface area contributed by atoms with Crippen LogP contribution in [0.2, 0.25) is 0 Å². The number of carbonyl (C=O) groups excluding carboxylic acids is 1. The Balaban J connectivity index is 1.13. The summed E-state index contributed by atoms with van der Waals surface area (Å²) in [5.41, 5.74) is 4.08. The summed E-state index contributed by atoms with van der Waals surface area (Å²) in [4.78, 5) is 26.3. The average Bonchev–Trinajstić information content (AvgIpc) is 3.48. The van der Waals surface area contributed by atoms with Crippen molar-refractivity contribution in [3.63, 3.8) is 0 Å². The molecule has 7 rings (SSSR count). The van der Waals surface area contributed by atoms with Gasteiger partial charge in [0, 0.05) is 62.9 Å². The van der Waals surface area contributed by atoms with E-state index in [2.05, 4.69) is 50.9 Å². The quantitative estimate of drug-likeness (QED) is 0.532. The number of imidazole rings is 1. The Morgan fingerprint density at radius 3 is 2.54 bits per heavy atom. The molecule has 9 heteroatoms. The molecule has 5 heterocycles. The third-order valence-corrected chi connectivity index (χ3v) is 8.42. The molecule has 4 fully saturated rings. The molecule has 3 aliphatic heterocycles. The summed E-state index contributed by atoms with van der Waals surface area (Å²) in [6.07, 6.45) is 6.70. The van der Waals surface area contributed by atoms with Crippen LogP contribution in [0.15, 0.2) is 36.8 Å². The highest BCUT2D eigenvalue weighted by atomic mass is 16.5. The fourth-order valence-corrected chi connectivity index (χ4v) is 5.77. The van der Waals surface area contributed by atoms with E-state index < -0.39 is 0 Å². The van der Waals surface area contributed by atoms with E-state index in [0.29, 0.717) is 25.0 Å². The largest absolute Gasteiger partial charge is 0.488 e. The molecule has 9 nitrogen and oxygen atoms in total. The minimum atomic E-state index is -0.0781. The summed E-state index contributed by atoms with van der Waals surface area (Å²) in [7, 11) is 0. The zero-order chi connectivity index (χ0) is 24.9. The van der Waals surface area contributed by atoms with E-state index in [9.17, 15) is 4.79 Å². The molecule has 194 valence electrons. The lowest BCUT2D eigenvalue weighted by molar-refractivity contribution is -0.119. The maximum absolute atomic E-state index is 11.8. The van der Waals surface area contributed by atoms with E-state index in [1.807, 2.05) is 12.5 Å². The van der Waals surface area contributed by atoms with Crippen LogP contribution in [0.5, 0.6) is 5.75 Å². The molecule has 0 radical (unpaired) electrons. The Bertz CT molecular complexity index is 1290. The number of hydrogen-bond acceptors (Lipinski definition) is 7. The highest BCUT2D eigenvalue weighted by Crippen LogP contribution is 2.41. The highest BCUT2D eigenvalue weighted by molar-refractivity contribution is 5.88. The number of benzene rings is 1. The molecular formula is C28H34N6O3. The summed E-state index contributed by atoms with van der Waals surface area (Å²) in [5, 5.41) is 2.93. The SMILES string of the molecule is CC(Oc1cc(-c2ccc(N3CCN(C4COC4)CC3)nc2)cc2ncn(C3CC3)c12)C1CNC(=O)C1. The number of fused-ring (bicyclic) bond motifs is 1. The molecule has 2 aromatic heterocycles. The smallest absolute Gasteiger partial charge is 0.220 e. The lowest BCUT2D eigenvalue weighted by Gasteiger charge is -2.42. The van der Waals surface area contributed by atoms with Gasteiger partial charge < -0.3 is 24.3 Å². The summed E-state index contributed by atoms with van der Waals surface area (Å²) in [6, 6.07) is 9.65. The second-order valence-electron chi connectivity index (χ2n) is 10.9. The van der Waals surface area contributed by atoms with Crippen molar-refractivity contribution >= 4 is 22.8 Å². The van der Waals surface area contributed by atoms with Gasteiger partial charge in [-0.2, -0.15) is 0 Å². The maximum atomic E-state index is 11.8. The minimum absolute atomic E-state index is 0.0781. The van der Waals surface area contributed by atoms with Gasteiger partial charge in [0.2, 0.25) is 5.91 Å². The highest BCUT2D eigenvalue weighted by Gasteiger charge is 2.31. The van der Waals surface area contributed by atoms with E-state index in [1.165, 1.54) is 12.8 Å². The van der Waals surface area contributed by atoms with Crippen molar-refractivity contribution in [1.29, 1.82) is 0 Å². The van der Waals surface area contributed by atoms with Crippen molar-refractivity contribution in [3.05, 3.63) is 36.8 Å². The van der Waals surface area contributed by atoms with Crippen LogP contribution in [0.3, 0.4) is 0 Å². The second kappa shape index (κ2) is 9.29. The van der Waals surface area contributed by atoms with Crippen molar-refractivity contribution in [2.75, 3.05) is 50.8 Å². The first-order valence-electron chi connectivity index (χ1n) is 13.6. The number of amides is 1. The van der Waals surface area contributed by atoms with Gasteiger partial charge in [0.1, 0.15) is 23.2 Å². The molecule has 0 spiro atoms. The number of carbonyl (C=O) groups is 1. The monoisotopic (exact) mass is 502 g/mol. The number of ether oxygens (including phenoxy) is 2. The van der Waals surface area contributed by atoms with Crippen LogP contribution >= 0.6 is 0 Å². The molecule has 37 heavy (non-hydrogen) atoms. The van der Waals surface area contributed by atoms with Crippen LogP contribution in [0.4, 0.5) is 5.82 Å². The summed E-state index contributed by atoms with van der Waals surface area (Å²) < 4.78 is 14.2. The fourth-order valence-electron chi connectivity index (χ4n) is 5.77. The first-order valence-corrected chi connectivity index (χ1v) is 13.6. The standard InChI is InChI=1S/C28H34N6O3/c1-18(21-12-27(35)30-14-21)37-25-11-20(10-24-28(25)34(17-31-24)22-3-4-22)19-2-5-26(29-13-19)33-8-6-32(7-9-33)23-15-36-16-23/h2,5,10-11,13,17-18,21-23H,3-4,6-9,12,14-16H2,1H3,(H,30,35). The molecular weight excluding hydrogens is 468 g/mol. The second-order valence-corrected chi connectivity index (χ2v) is 10.9. The Morgan fingerprint density at radius 2 is 1.89 bits per heavy atom. The Morgan fingerprint density at radius 1 is 1.05 bits per heavy atom. The van der Waals surface area contributed by atoms with Crippen molar-refractivity contribution in [3.8, 4) is 16.9 Å². The van der Waals surface area contributed by atoms with Gasteiger partial charge in [-0.15, -0.1) is 0 Å². The summed E-state index contributed by atoms with van der Waals surface area (Å²) in [6.45, 7) is 8.56. The van der Waals surface area contributed by atoms with Crippen LogP contribution in [0.1, 0.15) is 32.2 Å². The first kappa shape index (κ1) is 23.0. The molecule has 0 bridgehead atoms. The van der Waals surface area contributed by atoms with Crippen LogP contribution in [0, 0.1) is 5.92 Å². The van der Waals surface area contributed by atoms with Crippen molar-refractivity contribution in [2.45, 2.75) is 44.4 Å². The van der Waals surface area contributed by atoms with Crippen LogP contribution < -0.4 is 15.0 Å². The summed E-state index contributed by atoms with van der Waals surface area (Å²) in [5.74, 6) is 2.13. The molecule has 1 amide bonds. The molecule has 1 N–H and O–H groups in total. The van der Waals surface area contributed by atoms with E-state index in [-0.39, 0.29) is 17.9 Å².